The van der Waals surface area contributed by atoms with Gasteiger partial charge in [-0.15, -0.1) is 0 Å². The first kappa shape index (κ1) is 13.9. The van der Waals surface area contributed by atoms with Gasteiger partial charge in [0.25, 0.3) is 0 Å². The monoisotopic (exact) mass is 275 g/mol. The summed E-state index contributed by atoms with van der Waals surface area (Å²) >= 11 is 0. The Labute approximate surface area is 121 Å². The number of morpholine rings is 1. The lowest BCUT2D eigenvalue weighted by atomic mass is 9.83. The lowest BCUT2D eigenvalue weighted by Gasteiger charge is -2.27. The lowest BCUT2D eigenvalue weighted by molar-refractivity contribution is 0.0262. The zero-order valence-electron chi connectivity index (χ0n) is 12.4. The average molecular weight is 275 g/mol. The van der Waals surface area contributed by atoms with Gasteiger partial charge in [-0.1, -0.05) is 25.3 Å². The van der Waals surface area contributed by atoms with Crippen LogP contribution in [0.4, 0.5) is 0 Å². The molecule has 1 saturated carbocycles. The van der Waals surface area contributed by atoms with Crippen molar-refractivity contribution in [1.29, 1.82) is 0 Å². The molecule has 3 heteroatoms. The van der Waals surface area contributed by atoms with E-state index in [-0.39, 0.29) is 6.10 Å². The number of rotatable bonds is 3. The van der Waals surface area contributed by atoms with Crippen LogP contribution in [0, 0.1) is 0 Å². The molecule has 1 N–H and O–H groups in total. The third-order valence-electron chi connectivity index (χ3n) is 4.60. The molecule has 0 aromatic heterocycles. The van der Waals surface area contributed by atoms with Gasteiger partial charge in [-0.25, -0.2) is 0 Å². The molecule has 1 aromatic carbocycles. The van der Waals surface area contributed by atoms with E-state index in [1.165, 1.54) is 43.2 Å². The smallest absolute Gasteiger partial charge is 0.124 e. The van der Waals surface area contributed by atoms with Crippen LogP contribution in [-0.2, 0) is 4.74 Å². The Kier molecular flexibility index (Phi) is 4.58. The molecule has 1 saturated heterocycles. The second-order valence-electron chi connectivity index (χ2n) is 5.90. The fourth-order valence-electron chi connectivity index (χ4n) is 3.46. The number of ether oxygens (including phenoxy) is 2. The van der Waals surface area contributed by atoms with E-state index < -0.39 is 0 Å². The van der Waals surface area contributed by atoms with Gasteiger partial charge in [-0.3, -0.25) is 0 Å². The minimum atomic E-state index is 0.127. The largest absolute Gasteiger partial charge is 0.496 e. The zero-order chi connectivity index (χ0) is 13.8. The molecule has 1 aliphatic carbocycles. The summed E-state index contributed by atoms with van der Waals surface area (Å²) in [4.78, 5) is 0. The molecule has 20 heavy (non-hydrogen) atoms. The highest BCUT2D eigenvalue weighted by atomic mass is 16.5. The van der Waals surface area contributed by atoms with Crippen molar-refractivity contribution in [2.75, 3.05) is 26.8 Å². The Hall–Kier alpha value is -1.06. The number of methoxy groups -OCH3 is 1. The minimum absolute atomic E-state index is 0.127. The summed E-state index contributed by atoms with van der Waals surface area (Å²) in [5.41, 5.74) is 2.68. The van der Waals surface area contributed by atoms with Gasteiger partial charge in [0.2, 0.25) is 0 Å². The van der Waals surface area contributed by atoms with Crippen LogP contribution in [-0.4, -0.2) is 26.8 Å². The maximum absolute atomic E-state index is 5.91. The molecule has 1 atom stereocenters. The first-order valence-electron chi connectivity index (χ1n) is 7.88. The van der Waals surface area contributed by atoms with E-state index in [1.807, 2.05) is 0 Å². The number of nitrogens with one attached hydrogen (secondary N) is 1. The van der Waals surface area contributed by atoms with Gasteiger partial charge in [-0.2, -0.15) is 0 Å². The van der Waals surface area contributed by atoms with E-state index >= 15 is 0 Å². The van der Waals surface area contributed by atoms with Crippen LogP contribution in [0.1, 0.15) is 55.3 Å². The van der Waals surface area contributed by atoms with Crippen LogP contribution in [0.25, 0.3) is 0 Å². The molecule has 0 spiro atoms. The quantitative estimate of drug-likeness (QED) is 0.917. The Bertz CT molecular complexity index is 435. The highest BCUT2D eigenvalue weighted by Crippen LogP contribution is 2.37. The van der Waals surface area contributed by atoms with E-state index in [1.54, 1.807) is 7.11 Å². The summed E-state index contributed by atoms with van der Waals surface area (Å²) in [5.74, 6) is 1.68. The normalized spacial score (nSPS) is 24.6. The lowest BCUT2D eigenvalue weighted by Crippen LogP contribution is -2.33. The zero-order valence-corrected chi connectivity index (χ0v) is 12.4. The van der Waals surface area contributed by atoms with Gasteiger partial charge in [0, 0.05) is 18.7 Å². The number of hydrogen-bond donors (Lipinski definition) is 1. The predicted octanol–water partition coefficient (Wildman–Crippen LogP) is 3.40. The first-order chi connectivity index (χ1) is 9.88. The summed E-state index contributed by atoms with van der Waals surface area (Å²) in [6.45, 7) is 2.60. The van der Waals surface area contributed by atoms with Crippen LogP contribution in [0.2, 0.25) is 0 Å². The van der Waals surface area contributed by atoms with Crippen molar-refractivity contribution >= 4 is 0 Å². The summed E-state index contributed by atoms with van der Waals surface area (Å²) in [5, 5.41) is 3.40. The van der Waals surface area contributed by atoms with Crippen molar-refractivity contribution in [3.05, 3.63) is 29.3 Å². The molecule has 0 radical (unpaired) electrons. The molecule has 1 aromatic rings. The molecular weight excluding hydrogens is 250 g/mol. The van der Waals surface area contributed by atoms with Crippen LogP contribution in [0.5, 0.6) is 5.75 Å². The topological polar surface area (TPSA) is 30.5 Å². The average Bonchev–Trinajstić information content (AvgIpc) is 2.56. The van der Waals surface area contributed by atoms with Gasteiger partial charge in [0.1, 0.15) is 5.75 Å². The van der Waals surface area contributed by atoms with E-state index in [0.29, 0.717) is 0 Å². The summed E-state index contributed by atoms with van der Waals surface area (Å²) < 4.78 is 11.4. The van der Waals surface area contributed by atoms with Crippen LogP contribution >= 0.6 is 0 Å². The second kappa shape index (κ2) is 6.59. The van der Waals surface area contributed by atoms with E-state index in [9.17, 15) is 0 Å². The third kappa shape index (κ3) is 2.99. The van der Waals surface area contributed by atoms with Crippen molar-refractivity contribution < 1.29 is 9.47 Å². The number of hydrogen-bond acceptors (Lipinski definition) is 3. The molecule has 1 unspecified atom stereocenters. The molecule has 0 amide bonds. The van der Waals surface area contributed by atoms with Gasteiger partial charge >= 0.3 is 0 Å². The molecule has 110 valence electrons. The van der Waals surface area contributed by atoms with Crippen LogP contribution < -0.4 is 10.1 Å². The van der Waals surface area contributed by atoms with Gasteiger partial charge in [-0.05, 0) is 36.5 Å². The third-order valence-corrected chi connectivity index (χ3v) is 4.60. The summed E-state index contributed by atoms with van der Waals surface area (Å²) in [6, 6.07) is 6.69. The van der Waals surface area contributed by atoms with Crippen molar-refractivity contribution in [3.8, 4) is 5.75 Å². The van der Waals surface area contributed by atoms with Crippen molar-refractivity contribution in [2.24, 2.45) is 0 Å². The van der Waals surface area contributed by atoms with Crippen molar-refractivity contribution in [2.45, 2.75) is 44.1 Å². The Morgan fingerprint density at radius 2 is 2.05 bits per heavy atom. The molecule has 2 aliphatic rings. The van der Waals surface area contributed by atoms with Crippen molar-refractivity contribution in [1.82, 2.24) is 5.32 Å². The fraction of sp³-hybridized carbons (Fsp3) is 0.647. The van der Waals surface area contributed by atoms with E-state index in [0.717, 1.165) is 31.4 Å². The molecule has 0 bridgehead atoms. The Balaban J connectivity index is 1.85. The maximum atomic E-state index is 5.91. The SMILES string of the molecule is COc1ccc(C2CCCCC2)cc1C1CNCCO1. The minimum Gasteiger partial charge on any atom is -0.496 e. The fourth-order valence-corrected chi connectivity index (χ4v) is 3.46. The molecular formula is C17H25NO2. The first-order valence-corrected chi connectivity index (χ1v) is 7.88. The summed E-state index contributed by atoms with van der Waals surface area (Å²) in [7, 11) is 1.75. The van der Waals surface area contributed by atoms with Crippen LogP contribution in [0.15, 0.2) is 18.2 Å². The van der Waals surface area contributed by atoms with E-state index in [4.69, 9.17) is 9.47 Å². The second-order valence-corrected chi connectivity index (χ2v) is 5.90. The highest BCUT2D eigenvalue weighted by Gasteiger charge is 2.22. The standard InChI is InChI=1S/C17H25NO2/c1-19-16-8-7-14(13-5-3-2-4-6-13)11-15(16)17-12-18-9-10-20-17/h7-8,11,13,17-18H,2-6,9-10,12H2,1H3. The molecule has 1 aliphatic heterocycles. The Morgan fingerprint density at radius 3 is 2.75 bits per heavy atom. The van der Waals surface area contributed by atoms with Crippen LogP contribution in [0.3, 0.4) is 0 Å². The molecule has 3 rings (SSSR count). The Morgan fingerprint density at radius 1 is 1.20 bits per heavy atom. The van der Waals surface area contributed by atoms with Gasteiger partial charge in [0.15, 0.2) is 0 Å². The number of benzene rings is 1. The van der Waals surface area contributed by atoms with Crippen molar-refractivity contribution in [3.63, 3.8) is 0 Å². The molecule has 2 fully saturated rings. The molecule has 1 heterocycles. The summed E-state index contributed by atoms with van der Waals surface area (Å²) in [6.07, 6.45) is 6.92. The van der Waals surface area contributed by atoms with Gasteiger partial charge < -0.3 is 14.8 Å². The van der Waals surface area contributed by atoms with Gasteiger partial charge in [0.05, 0.1) is 19.8 Å². The highest BCUT2D eigenvalue weighted by molar-refractivity contribution is 5.40. The maximum Gasteiger partial charge on any atom is 0.124 e. The predicted molar refractivity (Wildman–Crippen MR) is 80.4 cm³/mol. The van der Waals surface area contributed by atoms with E-state index in [2.05, 4.69) is 23.5 Å². The molecule has 3 nitrogen and oxygen atoms in total.